The van der Waals surface area contributed by atoms with Gasteiger partial charge >= 0.3 is 15.6 Å². The fourth-order valence-electron chi connectivity index (χ4n) is 1.45. The van der Waals surface area contributed by atoms with Gasteiger partial charge in [-0.05, 0) is 19.1 Å². The van der Waals surface area contributed by atoms with Crippen LogP contribution in [0.5, 0.6) is 11.5 Å². The topological polar surface area (TPSA) is 61.8 Å². The molecule has 0 aliphatic carbocycles. The Hall–Kier alpha value is -1.48. The molecule has 0 aromatic heterocycles. The van der Waals surface area contributed by atoms with Crippen molar-refractivity contribution in [1.82, 2.24) is 0 Å². The van der Waals surface area contributed by atoms with Crippen molar-refractivity contribution in [3.8, 4) is 11.5 Å². The highest BCUT2D eigenvalue weighted by molar-refractivity contribution is 7.87. The van der Waals surface area contributed by atoms with E-state index in [0.717, 1.165) is 0 Å². The molecule has 1 rings (SSSR count). The van der Waals surface area contributed by atoms with E-state index in [1.807, 2.05) is 0 Å². The van der Waals surface area contributed by atoms with Gasteiger partial charge < -0.3 is 9.47 Å². The molecular weight excluding hydrogens is 301 g/mol. The van der Waals surface area contributed by atoms with Gasteiger partial charge in [-0.25, -0.2) is 0 Å². The van der Waals surface area contributed by atoms with E-state index in [9.17, 15) is 21.6 Å². The fraction of sp³-hybridized carbons (Fsp3) is 0.455. The maximum atomic E-state index is 12.2. The minimum Gasteiger partial charge on any atom is -0.497 e. The van der Waals surface area contributed by atoms with Gasteiger partial charge in [0.25, 0.3) is 0 Å². The van der Waals surface area contributed by atoms with Gasteiger partial charge in [-0.1, -0.05) is 0 Å². The second-order valence-corrected chi connectivity index (χ2v) is 5.31. The highest BCUT2D eigenvalue weighted by atomic mass is 32.2. The highest BCUT2D eigenvalue weighted by Crippen LogP contribution is 2.35. The first-order valence-corrected chi connectivity index (χ1v) is 6.74. The van der Waals surface area contributed by atoms with Crippen LogP contribution in [-0.4, -0.2) is 28.1 Å². The van der Waals surface area contributed by atoms with Gasteiger partial charge in [0.15, 0.2) is 0 Å². The average molecular weight is 314 g/mol. The van der Waals surface area contributed by atoms with E-state index in [1.165, 1.54) is 39.3 Å². The quantitative estimate of drug-likeness (QED) is 0.617. The van der Waals surface area contributed by atoms with Crippen molar-refractivity contribution in [3.63, 3.8) is 0 Å². The van der Waals surface area contributed by atoms with Gasteiger partial charge in [0.2, 0.25) is 0 Å². The summed E-state index contributed by atoms with van der Waals surface area (Å²) in [6.45, 7) is 1.17. The summed E-state index contributed by atoms with van der Waals surface area (Å²) >= 11 is 0. The molecule has 0 saturated heterocycles. The average Bonchev–Trinajstić information content (AvgIpc) is 2.35. The van der Waals surface area contributed by atoms with Gasteiger partial charge in [-0.2, -0.15) is 21.6 Å². The first-order chi connectivity index (χ1) is 9.12. The second-order valence-electron chi connectivity index (χ2n) is 3.75. The summed E-state index contributed by atoms with van der Waals surface area (Å²) in [5.74, 6) is 0.575. The standard InChI is InChI=1S/C11H13F3O5S/c1-7(19-20(15,16)11(12,13)14)9-5-4-8(17-2)6-10(9)18-3/h4-7H,1-3H3. The number of rotatable bonds is 5. The predicted octanol–water partition coefficient (Wildman–Crippen LogP) is 2.63. The maximum absolute atomic E-state index is 12.2. The van der Waals surface area contributed by atoms with Crippen LogP contribution in [-0.2, 0) is 14.3 Å². The third kappa shape index (κ3) is 3.54. The van der Waals surface area contributed by atoms with Crippen molar-refractivity contribution in [2.75, 3.05) is 14.2 Å². The van der Waals surface area contributed by atoms with Crippen LogP contribution in [0.3, 0.4) is 0 Å². The molecule has 0 spiro atoms. The van der Waals surface area contributed by atoms with Crippen LogP contribution in [0.1, 0.15) is 18.6 Å². The largest absolute Gasteiger partial charge is 0.523 e. The Labute approximate surface area is 114 Å². The van der Waals surface area contributed by atoms with Gasteiger partial charge in [-0.15, -0.1) is 0 Å². The fourth-order valence-corrected chi connectivity index (χ4v) is 2.04. The van der Waals surface area contributed by atoms with Crippen molar-refractivity contribution in [3.05, 3.63) is 23.8 Å². The Bertz CT molecular complexity index is 568. The molecule has 20 heavy (non-hydrogen) atoms. The zero-order valence-electron chi connectivity index (χ0n) is 10.9. The van der Waals surface area contributed by atoms with E-state index in [0.29, 0.717) is 5.75 Å². The lowest BCUT2D eigenvalue weighted by Crippen LogP contribution is -2.26. The van der Waals surface area contributed by atoms with Gasteiger partial charge in [0.05, 0.1) is 14.2 Å². The molecule has 1 aromatic carbocycles. The van der Waals surface area contributed by atoms with Crippen LogP contribution in [0, 0.1) is 0 Å². The lowest BCUT2D eigenvalue weighted by atomic mass is 10.1. The molecule has 5 nitrogen and oxygen atoms in total. The Kier molecular flexibility index (Phi) is 4.87. The molecule has 9 heteroatoms. The SMILES string of the molecule is COc1ccc(C(C)OS(=O)(=O)C(F)(F)F)c(OC)c1. The predicted molar refractivity (Wildman–Crippen MR) is 64.0 cm³/mol. The van der Waals surface area contributed by atoms with Crippen molar-refractivity contribution in [2.45, 2.75) is 18.5 Å². The number of benzene rings is 1. The highest BCUT2D eigenvalue weighted by Gasteiger charge is 2.48. The first kappa shape index (κ1) is 16.6. The molecule has 1 unspecified atom stereocenters. The van der Waals surface area contributed by atoms with Crippen LogP contribution >= 0.6 is 0 Å². The summed E-state index contributed by atoms with van der Waals surface area (Å²) in [5, 5.41) is 0. The zero-order chi connectivity index (χ0) is 15.6. The molecule has 0 fully saturated rings. The number of alkyl halides is 3. The molecule has 0 aliphatic rings. The molecule has 0 N–H and O–H groups in total. The van der Waals surface area contributed by atoms with E-state index in [-0.39, 0.29) is 11.3 Å². The summed E-state index contributed by atoms with van der Waals surface area (Å²) in [6.07, 6.45) is -1.36. The zero-order valence-corrected chi connectivity index (χ0v) is 11.7. The van der Waals surface area contributed by atoms with E-state index >= 15 is 0 Å². The van der Waals surface area contributed by atoms with Crippen molar-refractivity contribution < 1.29 is 35.2 Å². The molecule has 0 saturated carbocycles. The van der Waals surface area contributed by atoms with Crippen molar-refractivity contribution in [1.29, 1.82) is 0 Å². The number of methoxy groups -OCH3 is 2. The smallest absolute Gasteiger partial charge is 0.497 e. The van der Waals surface area contributed by atoms with E-state index in [1.54, 1.807) is 0 Å². The second kappa shape index (κ2) is 5.88. The van der Waals surface area contributed by atoms with Crippen LogP contribution < -0.4 is 9.47 Å². The molecule has 1 atom stereocenters. The number of hydrogen-bond acceptors (Lipinski definition) is 5. The molecule has 1 aromatic rings. The molecule has 0 amide bonds. The maximum Gasteiger partial charge on any atom is 0.523 e. The van der Waals surface area contributed by atoms with Crippen LogP contribution in [0.25, 0.3) is 0 Å². The van der Waals surface area contributed by atoms with Gasteiger partial charge in [-0.3, -0.25) is 4.18 Å². The third-order valence-corrected chi connectivity index (χ3v) is 3.54. The van der Waals surface area contributed by atoms with Gasteiger partial charge in [0.1, 0.15) is 17.6 Å². The van der Waals surface area contributed by atoms with E-state index in [2.05, 4.69) is 4.18 Å². The van der Waals surface area contributed by atoms with Crippen LogP contribution in [0.2, 0.25) is 0 Å². The van der Waals surface area contributed by atoms with Gasteiger partial charge in [0, 0.05) is 11.6 Å². The Morgan fingerprint density at radius 2 is 1.75 bits per heavy atom. The Balaban J connectivity index is 3.07. The summed E-state index contributed by atoms with van der Waals surface area (Å²) < 4.78 is 72.7. The Morgan fingerprint density at radius 3 is 2.20 bits per heavy atom. The van der Waals surface area contributed by atoms with Crippen LogP contribution in [0.15, 0.2) is 18.2 Å². The normalized spacial score (nSPS) is 13.9. The minimum atomic E-state index is -5.67. The van der Waals surface area contributed by atoms with Crippen molar-refractivity contribution >= 4 is 10.1 Å². The summed E-state index contributed by atoms with van der Waals surface area (Å²) in [7, 11) is -2.97. The summed E-state index contributed by atoms with van der Waals surface area (Å²) in [5.41, 5.74) is -5.32. The first-order valence-electron chi connectivity index (χ1n) is 5.34. The van der Waals surface area contributed by atoms with Crippen LogP contribution in [0.4, 0.5) is 13.2 Å². The third-order valence-electron chi connectivity index (χ3n) is 2.43. The summed E-state index contributed by atoms with van der Waals surface area (Å²) in [4.78, 5) is 0. The Morgan fingerprint density at radius 1 is 1.15 bits per heavy atom. The molecule has 0 bridgehead atoms. The number of halogens is 3. The lowest BCUT2D eigenvalue weighted by Gasteiger charge is -2.17. The number of hydrogen-bond donors (Lipinski definition) is 0. The minimum absolute atomic E-state index is 0.154. The summed E-state index contributed by atoms with van der Waals surface area (Å²) in [6, 6.07) is 4.24. The molecule has 114 valence electrons. The molecule has 0 aliphatic heterocycles. The molecular formula is C11H13F3O5S. The van der Waals surface area contributed by atoms with E-state index < -0.39 is 21.7 Å². The van der Waals surface area contributed by atoms with E-state index in [4.69, 9.17) is 9.47 Å². The number of ether oxygens (including phenoxy) is 2. The monoisotopic (exact) mass is 314 g/mol. The lowest BCUT2D eigenvalue weighted by molar-refractivity contribution is -0.0569. The molecule has 0 radical (unpaired) electrons. The molecule has 0 heterocycles. The van der Waals surface area contributed by atoms with Crippen molar-refractivity contribution in [2.24, 2.45) is 0 Å².